The van der Waals surface area contributed by atoms with E-state index < -0.39 is 10.9 Å². The first-order chi connectivity index (χ1) is 17.2. The van der Waals surface area contributed by atoms with Crippen LogP contribution in [0.3, 0.4) is 0 Å². The van der Waals surface area contributed by atoms with Gasteiger partial charge in [-0.3, -0.25) is 9.59 Å². The van der Waals surface area contributed by atoms with E-state index in [1.54, 1.807) is 30.1 Å². The fourth-order valence-electron chi connectivity index (χ4n) is 3.99. The Balaban J connectivity index is 1.64. The number of ether oxygens (including phenoxy) is 2. The minimum Gasteiger partial charge on any atom is -0.508 e. The Morgan fingerprint density at radius 1 is 1.28 bits per heavy atom. The van der Waals surface area contributed by atoms with Gasteiger partial charge in [0.05, 0.1) is 42.1 Å². The average Bonchev–Trinajstić information content (AvgIpc) is 3.21. The maximum atomic E-state index is 12.2. The molecule has 1 aromatic heterocycles. The third-order valence-electron chi connectivity index (χ3n) is 5.72. The average molecular weight is 511 g/mol. The highest BCUT2D eigenvalue weighted by atomic mass is 32.1. The predicted octanol–water partition coefficient (Wildman–Crippen LogP) is 2.81. The fraction of sp³-hybridized carbons (Fsp3) is 0.346. The Morgan fingerprint density at radius 2 is 2.00 bits per heavy atom. The standard InChI is InChI=1S/C26H30N4O5S/c1-15(2)35-24-21(22(32)23(24)33)29(4)14-19-13-20(27)25(36-19)26(30-8-10-34-11-9-30)28-16(3)17-6-5-7-18(31)12-17/h5-7,12-13,15,31H,3,8-11,14,27H2,1-2,4H3. The first-order valence-electron chi connectivity index (χ1n) is 11.6. The molecular formula is C26H30N4O5S. The van der Waals surface area contributed by atoms with Gasteiger partial charge in [0.2, 0.25) is 0 Å². The summed E-state index contributed by atoms with van der Waals surface area (Å²) in [5, 5.41) is 9.87. The molecule has 2 aromatic carbocycles. The largest absolute Gasteiger partial charge is 0.508 e. The van der Waals surface area contributed by atoms with Crippen molar-refractivity contribution in [1.29, 1.82) is 0 Å². The predicted molar refractivity (Wildman–Crippen MR) is 144 cm³/mol. The number of rotatable bonds is 8. The summed E-state index contributed by atoms with van der Waals surface area (Å²) in [6, 6.07) is 8.64. The van der Waals surface area contributed by atoms with Crippen LogP contribution >= 0.6 is 11.3 Å². The molecule has 10 heteroatoms. The van der Waals surface area contributed by atoms with Crippen molar-refractivity contribution in [3.05, 3.63) is 72.7 Å². The zero-order valence-electron chi connectivity index (χ0n) is 20.6. The second-order valence-corrected chi connectivity index (χ2v) is 10.0. The number of nitrogen functional groups attached to an aromatic ring is 1. The zero-order chi connectivity index (χ0) is 26.0. The molecule has 9 nitrogen and oxygen atoms in total. The van der Waals surface area contributed by atoms with E-state index in [0.717, 1.165) is 9.75 Å². The van der Waals surface area contributed by atoms with Crippen LogP contribution in [0.1, 0.15) is 29.2 Å². The smallest absolute Gasteiger partial charge is 0.272 e. The normalized spacial score (nSPS) is 14.4. The Labute approximate surface area is 213 Å². The number of amidine groups is 1. The van der Waals surface area contributed by atoms with Crippen molar-refractivity contribution in [2.24, 2.45) is 4.99 Å². The van der Waals surface area contributed by atoms with Gasteiger partial charge >= 0.3 is 0 Å². The van der Waals surface area contributed by atoms with E-state index in [9.17, 15) is 14.7 Å². The summed E-state index contributed by atoms with van der Waals surface area (Å²) in [6.45, 7) is 10.5. The molecule has 1 saturated heterocycles. The molecule has 3 aromatic rings. The summed E-state index contributed by atoms with van der Waals surface area (Å²) in [6.07, 6.45) is -0.212. The quantitative estimate of drug-likeness (QED) is 0.270. The van der Waals surface area contributed by atoms with Crippen molar-refractivity contribution in [2.45, 2.75) is 26.5 Å². The summed E-state index contributed by atoms with van der Waals surface area (Å²) >= 11 is 1.47. The third-order valence-corrected chi connectivity index (χ3v) is 6.85. The van der Waals surface area contributed by atoms with Gasteiger partial charge in [-0.1, -0.05) is 18.7 Å². The lowest BCUT2D eigenvalue weighted by atomic mass is 10.1. The molecule has 3 N–H and O–H groups in total. The van der Waals surface area contributed by atoms with Gasteiger partial charge in [-0.2, -0.15) is 0 Å². The van der Waals surface area contributed by atoms with Crippen LogP contribution in [0.25, 0.3) is 5.70 Å². The number of aromatic hydroxyl groups is 1. The van der Waals surface area contributed by atoms with Gasteiger partial charge in [-0.05, 0) is 32.0 Å². The number of anilines is 2. The lowest BCUT2D eigenvalue weighted by Gasteiger charge is -2.30. The molecule has 4 rings (SSSR count). The van der Waals surface area contributed by atoms with Gasteiger partial charge in [-0.25, -0.2) is 4.99 Å². The minimum atomic E-state index is -0.593. The molecule has 0 aliphatic carbocycles. The zero-order valence-corrected chi connectivity index (χ0v) is 21.4. The van der Waals surface area contributed by atoms with Crippen molar-refractivity contribution in [3.8, 4) is 11.5 Å². The van der Waals surface area contributed by atoms with Crippen LogP contribution in [0.15, 0.2) is 51.5 Å². The number of hydrogen-bond acceptors (Lipinski definition) is 9. The van der Waals surface area contributed by atoms with Crippen LogP contribution < -0.4 is 26.2 Å². The summed E-state index contributed by atoms with van der Waals surface area (Å²) < 4.78 is 11.1. The molecule has 0 spiro atoms. The number of phenolic OH excluding ortho intramolecular Hbond substituents is 1. The molecule has 0 saturated carbocycles. The summed E-state index contributed by atoms with van der Waals surface area (Å²) in [7, 11) is 1.75. The highest BCUT2D eigenvalue weighted by Gasteiger charge is 2.28. The van der Waals surface area contributed by atoms with E-state index in [0.29, 0.717) is 55.6 Å². The number of benzene rings is 1. The number of thiophene rings is 1. The topological polar surface area (TPSA) is 118 Å². The number of nitrogens with two attached hydrogens (primary N) is 1. The van der Waals surface area contributed by atoms with Crippen LogP contribution in [0.5, 0.6) is 11.5 Å². The lowest BCUT2D eigenvalue weighted by molar-refractivity contribution is 0.0684. The van der Waals surface area contributed by atoms with E-state index in [2.05, 4.69) is 11.5 Å². The Hall–Kier alpha value is -3.63. The maximum Gasteiger partial charge on any atom is 0.272 e. The second kappa shape index (κ2) is 10.5. The van der Waals surface area contributed by atoms with E-state index >= 15 is 0 Å². The number of aliphatic imine (C=N–C) groups is 1. The monoisotopic (exact) mass is 510 g/mol. The first kappa shape index (κ1) is 25.5. The second-order valence-electron chi connectivity index (χ2n) is 8.89. The van der Waals surface area contributed by atoms with Crippen LogP contribution in [0, 0.1) is 0 Å². The van der Waals surface area contributed by atoms with E-state index in [1.807, 2.05) is 26.0 Å². The molecule has 1 aliphatic heterocycles. The molecule has 0 atom stereocenters. The van der Waals surface area contributed by atoms with E-state index in [4.69, 9.17) is 20.2 Å². The molecule has 190 valence electrons. The number of hydrogen-bond donors (Lipinski definition) is 2. The Kier molecular flexibility index (Phi) is 7.46. The molecule has 36 heavy (non-hydrogen) atoms. The maximum absolute atomic E-state index is 12.2. The van der Waals surface area contributed by atoms with Crippen LogP contribution in [-0.4, -0.2) is 55.3 Å². The van der Waals surface area contributed by atoms with Crippen molar-refractivity contribution in [1.82, 2.24) is 4.90 Å². The summed E-state index contributed by atoms with van der Waals surface area (Å²) in [5.74, 6) is 0.929. The molecule has 0 amide bonds. The molecule has 2 heterocycles. The minimum absolute atomic E-state index is 0.111. The molecular weight excluding hydrogens is 480 g/mol. The number of phenols is 1. The molecule has 0 bridgehead atoms. The molecule has 1 fully saturated rings. The van der Waals surface area contributed by atoms with Gasteiger partial charge in [0, 0.05) is 30.6 Å². The van der Waals surface area contributed by atoms with E-state index in [-0.39, 0.29) is 23.3 Å². The summed E-state index contributed by atoms with van der Waals surface area (Å²) in [4.78, 5) is 34.6. The molecule has 0 radical (unpaired) electrons. The van der Waals surface area contributed by atoms with E-state index in [1.165, 1.54) is 11.3 Å². The number of nitrogens with zero attached hydrogens (tertiary/aromatic N) is 3. The van der Waals surface area contributed by atoms with Crippen LogP contribution in [-0.2, 0) is 11.3 Å². The molecule has 0 unspecified atom stereocenters. The molecule has 1 aliphatic rings. The van der Waals surface area contributed by atoms with Crippen molar-refractivity contribution in [2.75, 3.05) is 44.0 Å². The SMILES string of the molecule is C=C(N=C(c1sc(CN(C)c2c(OC(C)C)c(=O)c2=O)cc1N)N1CCOCC1)c1cccc(O)c1. The van der Waals surface area contributed by atoms with Gasteiger partial charge in [0.25, 0.3) is 10.9 Å². The highest BCUT2D eigenvalue weighted by molar-refractivity contribution is 7.14. The van der Waals surface area contributed by atoms with Crippen LogP contribution in [0.4, 0.5) is 11.4 Å². The van der Waals surface area contributed by atoms with Gasteiger partial charge in [-0.15, -0.1) is 11.3 Å². The Bertz CT molecular complexity index is 1360. The first-order valence-corrected chi connectivity index (χ1v) is 12.5. The summed E-state index contributed by atoms with van der Waals surface area (Å²) in [5.41, 5.74) is 7.35. The van der Waals surface area contributed by atoms with Gasteiger partial charge in [0.1, 0.15) is 17.3 Å². The van der Waals surface area contributed by atoms with Crippen LogP contribution in [0.2, 0.25) is 0 Å². The highest BCUT2D eigenvalue weighted by Crippen LogP contribution is 2.32. The van der Waals surface area contributed by atoms with Crippen molar-refractivity contribution < 1.29 is 14.6 Å². The Morgan fingerprint density at radius 3 is 2.67 bits per heavy atom. The lowest BCUT2D eigenvalue weighted by Crippen LogP contribution is -2.41. The van der Waals surface area contributed by atoms with Gasteiger partial charge < -0.3 is 30.1 Å². The van der Waals surface area contributed by atoms with Crippen molar-refractivity contribution >= 4 is 34.2 Å². The van der Waals surface area contributed by atoms with Gasteiger partial charge in [0.15, 0.2) is 5.75 Å². The third kappa shape index (κ3) is 5.29. The fourth-order valence-corrected chi connectivity index (χ4v) is 5.14. The van der Waals surface area contributed by atoms with Crippen molar-refractivity contribution in [3.63, 3.8) is 0 Å². The number of morpholine rings is 1.